The topological polar surface area (TPSA) is 38.9 Å². The van der Waals surface area contributed by atoms with E-state index in [1.54, 1.807) is 6.20 Å². The Labute approximate surface area is 121 Å². The SMILES string of the molecule is NC(Cc1ccnc2ccccc12)c1ccc(F)cc1F. The van der Waals surface area contributed by atoms with E-state index in [4.69, 9.17) is 5.73 Å². The molecule has 0 spiro atoms. The Kier molecular flexibility index (Phi) is 3.62. The van der Waals surface area contributed by atoms with Gasteiger partial charge in [-0.3, -0.25) is 4.98 Å². The predicted octanol–water partition coefficient (Wildman–Crippen LogP) is 3.76. The average molecular weight is 284 g/mol. The lowest BCUT2D eigenvalue weighted by molar-refractivity contribution is 0.554. The molecular formula is C17H14F2N2. The highest BCUT2D eigenvalue weighted by Gasteiger charge is 2.14. The first-order valence-electron chi connectivity index (χ1n) is 6.68. The third-order valence-corrected chi connectivity index (χ3v) is 3.54. The Hall–Kier alpha value is -2.33. The lowest BCUT2D eigenvalue weighted by Gasteiger charge is -2.14. The van der Waals surface area contributed by atoms with Gasteiger partial charge >= 0.3 is 0 Å². The molecule has 0 saturated carbocycles. The van der Waals surface area contributed by atoms with Crippen LogP contribution in [0.1, 0.15) is 17.2 Å². The zero-order valence-corrected chi connectivity index (χ0v) is 11.3. The second kappa shape index (κ2) is 5.58. The molecule has 1 aromatic heterocycles. The van der Waals surface area contributed by atoms with Crippen molar-refractivity contribution < 1.29 is 8.78 Å². The maximum Gasteiger partial charge on any atom is 0.130 e. The van der Waals surface area contributed by atoms with Gasteiger partial charge in [0.05, 0.1) is 5.52 Å². The van der Waals surface area contributed by atoms with Crippen molar-refractivity contribution in [1.29, 1.82) is 0 Å². The molecule has 1 heterocycles. The van der Waals surface area contributed by atoms with Gasteiger partial charge in [0, 0.05) is 29.3 Å². The molecule has 1 atom stereocenters. The summed E-state index contributed by atoms with van der Waals surface area (Å²) in [6.45, 7) is 0. The van der Waals surface area contributed by atoms with Gasteiger partial charge in [-0.05, 0) is 30.2 Å². The molecule has 2 nitrogen and oxygen atoms in total. The zero-order valence-electron chi connectivity index (χ0n) is 11.3. The molecule has 0 aliphatic heterocycles. The summed E-state index contributed by atoms with van der Waals surface area (Å²) in [5.41, 5.74) is 8.28. The second-order valence-electron chi connectivity index (χ2n) is 4.96. The highest BCUT2D eigenvalue weighted by Crippen LogP contribution is 2.24. The van der Waals surface area contributed by atoms with Crippen molar-refractivity contribution in [2.24, 2.45) is 5.73 Å². The number of benzene rings is 2. The van der Waals surface area contributed by atoms with Crippen LogP contribution in [-0.2, 0) is 6.42 Å². The quantitative estimate of drug-likeness (QED) is 0.795. The maximum atomic E-state index is 13.8. The predicted molar refractivity (Wildman–Crippen MR) is 78.7 cm³/mol. The molecule has 2 aromatic carbocycles. The van der Waals surface area contributed by atoms with Gasteiger partial charge < -0.3 is 5.73 Å². The normalized spacial score (nSPS) is 12.5. The lowest BCUT2D eigenvalue weighted by atomic mass is 9.97. The number of hydrogen-bond acceptors (Lipinski definition) is 2. The number of nitrogens with two attached hydrogens (primary N) is 1. The van der Waals surface area contributed by atoms with Crippen LogP contribution in [-0.4, -0.2) is 4.98 Å². The van der Waals surface area contributed by atoms with E-state index in [9.17, 15) is 8.78 Å². The fourth-order valence-electron chi connectivity index (χ4n) is 2.48. The van der Waals surface area contributed by atoms with Crippen molar-refractivity contribution in [2.45, 2.75) is 12.5 Å². The Morgan fingerprint density at radius 3 is 2.67 bits per heavy atom. The molecule has 0 saturated heterocycles. The summed E-state index contributed by atoms with van der Waals surface area (Å²) in [4.78, 5) is 4.29. The van der Waals surface area contributed by atoms with E-state index in [2.05, 4.69) is 4.98 Å². The van der Waals surface area contributed by atoms with Gasteiger partial charge in [0.15, 0.2) is 0 Å². The van der Waals surface area contributed by atoms with E-state index in [-0.39, 0.29) is 0 Å². The van der Waals surface area contributed by atoms with Gasteiger partial charge in [-0.2, -0.15) is 0 Å². The highest BCUT2D eigenvalue weighted by atomic mass is 19.1. The average Bonchev–Trinajstić information content (AvgIpc) is 2.47. The lowest BCUT2D eigenvalue weighted by Crippen LogP contribution is -2.15. The number of hydrogen-bond donors (Lipinski definition) is 1. The van der Waals surface area contributed by atoms with E-state index in [1.165, 1.54) is 12.1 Å². The van der Waals surface area contributed by atoms with Gasteiger partial charge in [-0.15, -0.1) is 0 Å². The van der Waals surface area contributed by atoms with Crippen LogP contribution in [0.3, 0.4) is 0 Å². The highest BCUT2D eigenvalue weighted by molar-refractivity contribution is 5.81. The van der Waals surface area contributed by atoms with E-state index in [0.29, 0.717) is 12.0 Å². The van der Waals surface area contributed by atoms with Gasteiger partial charge in [-0.25, -0.2) is 8.78 Å². The smallest absolute Gasteiger partial charge is 0.130 e. The fourth-order valence-corrected chi connectivity index (χ4v) is 2.48. The largest absolute Gasteiger partial charge is 0.324 e. The molecule has 0 aliphatic rings. The van der Waals surface area contributed by atoms with E-state index < -0.39 is 17.7 Å². The minimum atomic E-state index is -0.610. The molecule has 0 radical (unpaired) electrons. The Morgan fingerprint density at radius 2 is 1.86 bits per heavy atom. The van der Waals surface area contributed by atoms with Gasteiger partial charge in [0.2, 0.25) is 0 Å². The minimum absolute atomic E-state index is 0.317. The molecule has 3 aromatic rings. The first-order valence-corrected chi connectivity index (χ1v) is 6.68. The molecule has 4 heteroatoms. The summed E-state index contributed by atoms with van der Waals surface area (Å²) in [6, 6.07) is 12.6. The van der Waals surface area contributed by atoms with Crippen molar-refractivity contribution in [3.8, 4) is 0 Å². The first-order chi connectivity index (χ1) is 10.1. The number of fused-ring (bicyclic) bond motifs is 1. The Morgan fingerprint density at radius 1 is 1.05 bits per heavy atom. The molecule has 0 aliphatic carbocycles. The monoisotopic (exact) mass is 284 g/mol. The van der Waals surface area contributed by atoms with Crippen molar-refractivity contribution in [3.05, 3.63) is 77.5 Å². The first kappa shape index (κ1) is 13.6. The van der Waals surface area contributed by atoms with E-state index >= 15 is 0 Å². The molecule has 106 valence electrons. The second-order valence-corrected chi connectivity index (χ2v) is 4.96. The molecule has 21 heavy (non-hydrogen) atoms. The van der Waals surface area contributed by atoms with Crippen molar-refractivity contribution >= 4 is 10.9 Å². The van der Waals surface area contributed by atoms with Gasteiger partial charge in [-0.1, -0.05) is 24.3 Å². The van der Waals surface area contributed by atoms with Crippen LogP contribution < -0.4 is 5.73 Å². The van der Waals surface area contributed by atoms with Crippen LogP contribution in [0, 0.1) is 11.6 Å². The summed E-state index contributed by atoms with van der Waals surface area (Å²) in [6.07, 6.45) is 2.18. The summed E-state index contributed by atoms with van der Waals surface area (Å²) < 4.78 is 26.7. The zero-order chi connectivity index (χ0) is 14.8. The van der Waals surface area contributed by atoms with Crippen LogP contribution in [0.25, 0.3) is 10.9 Å². The van der Waals surface area contributed by atoms with Gasteiger partial charge in [0.1, 0.15) is 11.6 Å². The van der Waals surface area contributed by atoms with Crippen molar-refractivity contribution in [3.63, 3.8) is 0 Å². The summed E-state index contributed by atoms with van der Waals surface area (Å²) >= 11 is 0. The number of aromatic nitrogens is 1. The Balaban J connectivity index is 1.94. The number of nitrogens with zero attached hydrogens (tertiary/aromatic N) is 1. The number of rotatable bonds is 3. The molecule has 0 fully saturated rings. The molecule has 0 amide bonds. The molecule has 3 rings (SSSR count). The molecular weight excluding hydrogens is 270 g/mol. The molecule has 2 N–H and O–H groups in total. The van der Waals surface area contributed by atoms with Crippen molar-refractivity contribution in [1.82, 2.24) is 4.98 Å². The maximum absolute atomic E-state index is 13.8. The van der Waals surface area contributed by atoms with Crippen LogP contribution in [0.5, 0.6) is 0 Å². The number of para-hydroxylation sites is 1. The summed E-state index contributed by atoms with van der Waals surface area (Å²) in [5.74, 6) is -1.21. The van der Waals surface area contributed by atoms with E-state index in [1.807, 2.05) is 30.3 Å². The van der Waals surface area contributed by atoms with Crippen LogP contribution >= 0.6 is 0 Å². The fraction of sp³-hybridized carbons (Fsp3) is 0.118. The summed E-state index contributed by atoms with van der Waals surface area (Å²) in [7, 11) is 0. The van der Waals surface area contributed by atoms with Crippen LogP contribution in [0.4, 0.5) is 8.78 Å². The third-order valence-electron chi connectivity index (χ3n) is 3.54. The number of pyridine rings is 1. The van der Waals surface area contributed by atoms with Gasteiger partial charge in [0.25, 0.3) is 0 Å². The molecule has 0 bridgehead atoms. The molecule has 1 unspecified atom stereocenters. The van der Waals surface area contributed by atoms with E-state index in [0.717, 1.165) is 22.5 Å². The standard InChI is InChI=1S/C17H14F2N2/c18-12-5-6-14(15(19)10-12)16(20)9-11-7-8-21-17-4-2-1-3-13(11)17/h1-8,10,16H,9,20H2. The van der Waals surface area contributed by atoms with Crippen LogP contribution in [0.2, 0.25) is 0 Å². The summed E-state index contributed by atoms with van der Waals surface area (Å²) in [5, 5.41) is 0.998. The van der Waals surface area contributed by atoms with Crippen LogP contribution in [0.15, 0.2) is 54.7 Å². The van der Waals surface area contributed by atoms with Crippen molar-refractivity contribution in [2.75, 3.05) is 0 Å². The minimum Gasteiger partial charge on any atom is -0.324 e. The Bertz CT molecular complexity index is 781. The third kappa shape index (κ3) is 2.76. The number of halogens is 2.